The van der Waals surface area contributed by atoms with Gasteiger partial charge in [-0.15, -0.1) is 0 Å². The van der Waals surface area contributed by atoms with Crippen LogP contribution in [0.3, 0.4) is 0 Å². The van der Waals surface area contributed by atoms with E-state index in [0.717, 1.165) is 37.9 Å². The standard InChI is InChI=1S/C30H31N3O2/c1-21-6-8-23(9-7-21)20-33(17-16-25-19-31-28-5-3-2-4-26(25)28)29-14-12-24-18-22(10-13-27(24)29)11-15-30(34)32-35/h2-11,13,15,18-19,29,31,35H,12,14,16-17,20H2,1H3,(H,32,34). The maximum Gasteiger partial charge on any atom is 0.267 e. The van der Waals surface area contributed by atoms with Gasteiger partial charge >= 0.3 is 0 Å². The molecule has 1 aliphatic carbocycles. The van der Waals surface area contributed by atoms with E-state index in [2.05, 4.69) is 89.7 Å². The fraction of sp³-hybridized carbons (Fsp3) is 0.233. The molecule has 35 heavy (non-hydrogen) atoms. The zero-order valence-electron chi connectivity index (χ0n) is 20.0. The third-order valence-corrected chi connectivity index (χ3v) is 7.04. The van der Waals surface area contributed by atoms with Crippen LogP contribution in [0.15, 0.2) is 79.0 Å². The van der Waals surface area contributed by atoms with Crippen molar-refractivity contribution in [1.29, 1.82) is 0 Å². The normalized spacial score (nSPS) is 15.2. The van der Waals surface area contributed by atoms with Crippen LogP contribution in [0.2, 0.25) is 0 Å². The topological polar surface area (TPSA) is 68.4 Å². The van der Waals surface area contributed by atoms with Crippen LogP contribution in [0, 0.1) is 6.92 Å². The average Bonchev–Trinajstić information content (AvgIpc) is 3.50. The van der Waals surface area contributed by atoms with Crippen LogP contribution in [0.4, 0.5) is 0 Å². The SMILES string of the molecule is Cc1ccc(CN(CCc2c[nH]c3ccccc23)C2CCc3cc(C=CC(=O)NO)ccc32)cc1. The van der Waals surface area contributed by atoms with Crippen molar-refractivity contribution in [3.63, 3.8) is 0 Å². The van der Waals surface area contributed by atoms with E-state index in [0.29, 0.717) is 6.04 Å². The smallest absolute Gasteiger partial charge is 0.267 e. The Bertz CT molecular complexity index is 1350. The second kappa shape index (κ2) is 10.3. The van der Waals surface area contributed by atoms with Gasteiger partial charge in [0.25, 0.3) is 5.91 Å². The second-order valence-electron chi connectivity index (χ2n) is 9.39. The minimum atomic E-state index is -0.523. The summed E-state index contributed by atoms with van der Waals surface area (Å²) >= 11 is 0. The van der Waals surface area contributed by atoms with Crippen molar-refractivity contribution >= 4 is 22.9 Å². The molecule has 1 aliphatic rings. The molecule has 1 aromatic heterocycles. The molecule has 0 fully saturated rings. The summed E-state index contributed by atoms with van der Waals surface area (Å²) in [5.74, 6) is -0.523. The molecule has 1 atom stereocenters. The number of hydrogen-bond acceptors (Lipinski definition) is 3. The van der Waals surface area contributed by atoms with E-state index < -0.39 is 5.91 Å². The zero-order valence-corrected chi connectivity index (χ0v) is 20.0. The Morgan fingerprint density at radius 3 is 2.80 bits per heavy atom. The van der Waals surface area contributed by atoms with Crippen molar-refractivity contribution < 1.29 is 10.0 Å². The molecule has 0 radical (unpaired) electrons. The molecule has 1 amide bonds. The first kappa shape index (κ1) is 23.1. The summed E-state index contributed by atoms with van der Waals surface area (Å²) < 4.78 is 0. The van der Waals surface area contributed by atoms with Crippen molar-refractivity contribution in [2.24, 2.45) is 0 Å². The summed E-state index contributed by atoms with van der Waals surface area (Å²) in [6.45, 7) is 4.01. The molecule has 5 rings (SSSR count). The van der Waals surface area contributed by atoms with Crippen molar-refractivity contribution in [1.82, 2.24) is 15.4 Å². The number of carbonyl (C=O) groups excluding carboxylic acids is 1. The molecule has 0 bridgehead atoms. The summed E-state index contributed by atoms with van der Waals surface area (Å²) in [5, 5.41) is 10.0. The van der Waals surface area contributed by atoms with Gasteiger partial charge in [-0.2, -0.15) is 0 Å². The predicted octanol–water partition coefficient (Wildman–Crippen LogP) is 5.73. The van der Waals surface area contributed by atoms with Gasteiger partial charge < -0.3 is 4.98 Å². The minimum absolute atomic E-state index is 0.357. The Hall–Kier alpha value is -3.67. The number of aryl methyl sites for hydroxylation is 2. The molecule has 3 aromatic carbocycles. The summed E-state index contributed by atoms with van der Waals surface area (Å²) in [5.41, 5.74) is 10.5. The first-order valence-corrected chi connectivity index (χ1v) is 12.2. The van der Waals surface area contributed by atoms with Crippen LogP contribution in [-0.4, -0.2) is 27.5 Å². The number of H-pyrrole nitrogens is 1. The van der Waals surface area contributed by atoms with Gasteiger partial charge in [0, 0.05) is 42.3 Å². The molecule has 0 saturated heterocycles. The summed E-state index contributed by atoms with van der Waals surface area (Å²) in [6, 6.07) is 24.2. The summed E-state index contributed by atoms with van der Waals surface area (Å²) in [6.07, 6.45) is 8.32. The Kier molecular flexibility index (Phi) is 6.80. The second-order valence-corrected chi connectivity index (χ2v) is 9.39. The lowest BCUT2D eigenvalue weighted by atomic mass is 10.0. The Morgan fingerprint density at radius 1 is 1.14 bits per heavy atom. The van der Waals surface area contributed by atoms with Crippen molar-refractivity contribution in [2.75, 3.05) is 6.54 Å². The average molecular weight is 466 g/mol. The Morgan fingerprint density at radius 2 is 1.97 bits per heavy atom. The van der Waals surface area contributed by atoms with Crippen LogP contribution in [0.5, 0.6) is 0 Å². The number of aromatic nitrogens is 1. The van der Waals surface area contributed by atoms with E-state index in [4.69, 9.17) is 5.21 Å². The largest absolute Gasteiger partial charge is 0.361 e. The van der Waals surface area contributed by atoms with Crippen LogP contribution >= 0.6 is 0 Å². The number of nitrogens with one attached hydrogen (secondary N) is 2. The van der Waals surface area contributed by atoms with Gasteiger partial charge in [0.05, 0.1) is 0 Å². The highest BCUT2D eigenvalue weighted by Crippen LogP contribution is 2.37. The summed E-state index contributed by atoms with van der Waals surface area (Å²) in [4.78, 5) is 17.4. The van der Waals surface area contributed by atoms with Crippen molar-refractivity contribution in [3.8, 4) is 0 Å². The first-order valence-electron chi connectivity index (χ1n) is 12.2. The molecular weight excluding hydrogens is 434 g/mol. The van der Waals surface area contributed by atoms with Gasteiger partial charge in [0.2, 0.25) is 0 Å². The first-order chi connectivity index (χ1) is 17.1. The lowest BCUT2D eigenvalue weighted by Crippen LogP contribution is -2.29. The zero-order chi connectivity index (χ0) is 24.2. The van der Waals surface area contributed by atoms with Gasteiger partial charge in [-0.05, 0) is 66.1 Å². The molecule has 5 nitrogen and oxygen atoms in total. The van der Waals surface area contributed by atoms with Crippen LogP contribution in [-0.2, 0) is 24.2 Å². The van der Waals surface area contributed by atoms with E-state index in [1.165, 1.54) is 44.8 Å². The molecule has 0 saturated carbocycles. The number of hydroxylamine groups is 1. The number of amides is 1. The molecule has 4 aromatic rings. The fourth-order valence-corrected chi connectivity index (χ4v) is 5.18. The van der Waals surface area contributed by atoms with E-state index in [1.807, 2.05) is 0 Å². The molecule has 0 spiro atoms. The van der Waals surface area contributed by atoms with Crippen LogP contribution in [0.25, 0.3) is 17.0 Å². The van der Waals surface area contributed by atoms with E-state index in [9.17, 15) is 4.79 Å². The lowest BCUT2D eigenvalue weighted by Gasteiger charge is -2.30. The molecule has 1 unspecified atom stereocenters. The van der Waals surface area contributed by atoms with Crippen molar-refractivity contribution in [2.45, 2.75) is 38.8 Å². The van der Waals surface area contributed by atoms with Crippen LogP contribution < -0.4 is 5.48 Å². The van der Waals surface area contributed by atoms with E-state index in [-0.39, 0.29) is 0 Å². The van der Waals surface area contributed by atoms with Gasteiger partial charge in [0.1, 0.15) is 0 Å². The molecular formula is C30H31N3O2. The van der Waals surface area contributed by atoms with E-state index in [1.54, 1.807) is 11.6 Å². The number of nitrogens with zero attached hydrogens (tertiary/aromatic N) is 1. The molecule has 5 heteroatoms. The van der Waals surface area contributed by atoms with Gasteiger partial charge in [-0.25, -0.2) is 5.48 Å². The number of para-hydroxylation sites is 1. The Balaban J connectivity index is 1.39. The third kappa shape index (κ3) is 5.21. The monoisotopic (exact) mass is 465 g/mol. The quantitative estimate of drug-likeness (QED) is 0.177. The Labute approximate surface area is 206 Å². The maximum absolute atomic E-state index is 11.3. The van der Waals surface area contributed by atoms with Gasteiger partial charge in [0.15, 0.2) is 0 Å². The van der Waals surface area contributed by atoms with E-state index >= 15 is 0 Å². The lowest BCUT2D eigenvalue weighted by molar-refractivity contribution is -0.124. The molecule has 3 N–H and O–H groups in total. The minimum Gasteiger partial charge on any atom is -0.361 e. The summed E-state index contributed by atoms with van der Waals surface area (Å²) in [7, 11) is 0. The number of carbonyl (C=O) groups is 1. The number of hydrogen-bond donors (Lipinski definition) is 3. The molecule has 178 valence electrons. The van der Waals surface area contributed by atoms with Gasteiger partial charge in [-0.3, -0.25) is 14.9 Å². The predicted molar refractivity (Wildman–Crippen MR) is 140 cm³/mol. The fourth-order valence-electron chi connectivity index (χ4n) is 5.18. The van der Waals surface area contributed by atoms with Gasteiger partial charge in [-0.1, -0.05) is 66.2 Å². The number of benzene rings is 3. The highest BCUT2D eigenvalue weighted by molar-refractivity contribution is 5.90. The highest BCUT2D eigenvalue weighted by atomic mass is 16.5. The third-order valence-electron chi connectivity index (χ3n) is 7.04. The number of rotatable bonds is 8. The maximum atomic E-state index is 11.3. The van der Waals surface area contributed by atoms with Crippen LogP contribution in [0.1, 0.15) is 45.8 Å². The van der Waals surface area contributed by atoms with Crippen molar-refractivity contribution in [3.05, 3.63) is 112 Å². The highest BCUT2D eigenvalue weighted by Gasteiger charge is 2.28. The number of aromatic amines is 1. The number of fused-ring (bicyclic) bond motifs is 2. The molecule has 0 aliphatic heterocycles. The molecule has 1 heterocycles.